The molecular weight excluding hydrogens is 348 g/mol. The van der Waals surface area contributed by atoms with Crippen LogP contribution in [-0.2, 0) is 10.0 Å². The van der Waals surface area contributed by atoms with Gasteiger partial charge in [-0.15, -0.1) is 0 Å². The van der Waals surface area contributed by atoms with E-state index in [9.17, 15) is 13.2 Å². The molecule has 0 spiro atoms. The molecule has 0 fully saturated rings. The first-order chi connectivity index (χ1) is 12.0. The fourth-order valence-electron chi connectivity index (χ4n) is 2.82. The molecule has 0 heterocycles. The summed E-state index contributed by atoms with van der Waals surface area (Å²) in [6.07, 6.45) is 0. The van der Waals surface area contributed by atoms with Crippen LogP contribution < -0.4 is 5.32 Å². The van der Waals surface area contributed by atoms with E-state index in [2.05, 4.69) is 24.4 Å². The molecule has 0 saturated carbocycles. The number of sulfonamides is 1. The van der Waals surface area contributed by atoms with Crippen LogP contribution >= 0.6 is 0 Å². The third-order valence-corrected chi connectivity index (χ3v) is 6.38. The van der Waals surface area contributed by atoms with Gasteiger partial charge < -0.3 is 5.32 Å². The Morgan fingerprint density at radius 3 is 2.23 bits per heavy atom. The van der Waals surface area contributed by atoms with Crippen LogP contribution in [0, 0.1) is 20.8 Å². The van der Waals surface area contributed by atoms with Crippen LogP contribution in [0.15, 0.2) is 41.3 Å². The molecule has 0 aliphatic heterocycles. The minimum Gasteiger partial charge on any atom is -0.346 e. The van der Waals surface area contributed by atoms with Crippen LogP contribution in [0.5, 0.6) is 0 Å². The quantitative estimate of drug-likeness (QED) is 0.873. The lowest BCUT2D eigenvalue weighted by atomic mass is 9.96. The Bertz CT molecular complexity index is 934. The Morgan fingerprint density at radius 1 is 1.00 bits per heavy atom. The Balaban J connectivity index is 2.27. The first-order valence-electron chi connectivity index (χ1n) is 8.45. The van der Waals surface area contributed by atoms with Crippen LogP contribution in [0.4, 0.5) is 0 Å². The van der Waals surface area contributed by atoms with Crippen molar-refractivity contribution in [1.82, 2.24) is 9.62 Å². The van der Waals surface area contributed by atoms with Crippen molar-refractivity contribution in [3.05, 3.63) is 64.2 Å². The summed E-state index contributed by atoms with van der Waals surface area (Å²) in [4.78, 5) is 12.7. The second-order valence-electron chi connectivity index (χ2n) is 6.80. The lowest BCUT2D eigenvalue weighted by molar-refractivity contribution is 0.0939. The number of carbonyl (C=O) groups is 1. The van der Waals surface area contributed by atoms with Gasteiger partial charge in [-0.2, -0.15) is 0 Å². The molecule has 140 valence electrons. The van der Waals surface area contributed by atoms with Crippen molar-refractivity contribution in [3.8, 4) is 0 Å². The highest BCUT2D eigenvalue weighted by molar-refractivity contribution is 7.89. The van der Waals surface area contributed by atoms with E-state index in [1.54, 1.807) is 12.1 Å². The van der Waals surface area contributed by atoms with E-state index in [4.69, 9.17) is 0 Å². The average Bonchev–Trinajstić information content (AvgIpc) is 2.57. The number of amides is 1. The van der Waals surface area contributed by atoms with E-state index in [-0.39, 0.29) is 16.8 Å². The van der Waals surface area contributed by atoms with Crippen molar-refractivity contribution in [1.29, 1.82) is 0 Å². The zero-order valence-electron chi connectivity index (χ0n) is 16.1. The zero-order valence-corrected chi connectivity index (χ0v) is 16.9. The van der Waals surface area contributed by atoms with Crippen LogP contribution in [0.1, 0.15) is 45.6 Å². The largest absolute Gasteiger partial charge is 0.346 e. The topological polar surface area (TPSA) is 66.5 Å². The molecule has 0 saturated heterocycles. The van der Waals surface area contributed by atoms with Gasteiger partial charge in [0, 0.05) is 19.7 Å². The summed E-state index contributed by atoms with van der Waals surface area (Å²) in [5, 5.41) is 2.96. The highest BCUT2D eigenvalue weighted by Gasteiger charge is 2.20. The molecule has 0 bridgehead atoms. The minimum absolute atomic E-state index is 0.102. The van der Waals surface area contributed by atoms with Crippen molar-refractivity contribution >= 4 is 15.9 Å². The van der Waals surface area contributed by atoms with E-state index in [0.717, 1.165) is 15.4 Å². The van der Waals surface area contributed by atoms with Gasteiger partial charge in [-0.3, -0.25) is 4.79 Å². The SMILES string of the molecule is Cc1cc(C)c(C(C)NC(=O)c2cccc(S(=O)(=O)N(C)C)c2)cc1C. The highest BCUT2D eigenvalue weighted by Crippen LogP contribution is 2.22. The molecule has 1 unspecified atom stereocenters. The van der Waals surface area contributed by atoms with E-state index < -0.39 is 10.0 Å². The fourth-order valence-corrected chi connectivity index (χ4v) is 3.76. The number of benzene rings is 2. The van der Waals surface area contributed by atoms with Gasteiger partial charge in [-0.1, -0.05) is 18.2 Å². The summed E-state index contributed by atoms with van der Waals surface area (Å²) in [6, 6.07) is 10.1. The summed E-state index contributed by atoms with van der Waals surface area (Å²) in [7, 11) is -0.647. The van der Waals surface area contributed by atoms with Gasteiger partial charge in [0.15, 0.2) is 0 Å². The van der Waals surface area contributed by atoms with Crippen molar-refractivity contribution < 1.29 is 13.2 Å². The maximum Gasteiger partial charge on any atom is 0.251 e. The van der Waals surface area contributed by atoms with Crippen LogP contribution in [0.25, 0.3) is 0 Å². The van der Waals surface area contributed by atoms with Gasteiger partial charge >= 0.3 is 0 Å². The predicted octanol–water partition coefficient (Wildman–Crippen LogP) is 3.35. The molecule has 0 radical (unpaired) electrons. The number of nitrogens with one attached hydrogen (secondary N) is 1. The van der Waals surface area contributed by atoms with Crippen molar-refractivity contribution in [2.45, 2.75) is 38.6 Å². The van der Waals surface area contributed by atoms with Crippen LogP contribution in [0.2, 0.25) is 0 Å². The number of rotatable bonds is 5. The summed E-state index contributed by atoms with van der Waals surface area (Å²) in [5.74, 6) is -0.300. The molecule has 1 amide bonds. The van der Waals surface area contributed by atoms with Crippen LogP contribution in [0.3, 0.4) is 0 Å². The van der Waals surface area contributed by atoms with Crippen molar-refractivity contribution in [3.63, 3.8) is 0 Å². The highest BCUT2D eigenvalue weighted by atomic mass is 32.2. The first kappa shape index (κ1) is 20.1. The second-order valence-corrected chi connectivity index (χ2v) is 8.96. The molecule has 26 heavy (non-hydrogen) atoms. The molecule has 0 aliphatic carbocycles. The summed E-state index contributed by atoms with van der Waals surface area (Å²) >= 11 is 0. The van der Waals surface area contributed by atoms with Crippen molar-refractivity contribution in [2.75, 3.05) is 14.1 Å². The summed E-state index contributed by atoms with van der Waals surface area (Å²) in [6.45, 7) is 8.05. The molecule has 1 atom stereocenters. The average molecular weight is 375 g/mol. The van der Waals surface area contributed by atoms with Gasteiger partial charge in [0.2, 0.25) is 10.0 Å². The third-order valence-electron chi connectivity index (χ3n) is 4.57. The van der Waals surface area contributed by atoms with Gasteiger partial charge in [0.1, 0.15) is 0 Å². The van der Waals surface area contributed by atoms with E-state index in [1.807, 2.05) is 20.8 Å². The molecule has 2 rings (SSSR count). The maximum atomic E-state index is 12.6. The smallest absolute Gasteiger partial charge is 0.251 e. The Morgan fingerprint density at radius 2 is 1.62 bits per heavy atom. The third kappa shape index (κ3) is 4.14. The van der Waals surface area contributed by atoms with Crippen LogP contribution in [-0.4, -0.2) is 32.7 Å². The Hall–Kier alpha value is -2.18. The maximum absolute atomic E-state index is 12.6. The van der Waals surface area contributed by atoms with E-state index >= 15 is 0 Å². The Kier molecular flexibility index (Phi) is 5.88. The number of hydrogen-bond acceptors (Lipinski definition) is 3. The molecule has 0 aliphatic rings. The number of aryl methyl sites for hydroxylation is 3. The molecule has 6 heteroatoms. The summed E-state index contributed by atoms with van der Waals surface area (Å²) < 4.78 is 25.6. The molecule has 0 aromatic heterocycles. The van der Waals surface area contributed by atoms with E-state index in [1.165, 1.54) is 37.4 Å². The molecule has 2 aromatic carbocycles. The monoisotopic (exact) mass is 374 g/mol. The van der Waals surface area contributed by atoms with Gasteiger partial charge in [-0.25, -0.2) is 12.7 Å². The number of nitrogens with zero attached hydrogens (tertiary/aromatic N) is 1. The molecular formula is C20H26N2O3S. The standard InChI is InChI=1S/C20H26N2O3S/c1-13-10-15(3)19(11-14(13)2)16(4)21-20(23)17-8-7-9-18(12-17)26(24,25)22(5)6/h7-12,16H,1-6H3,(H,21,23). The van der Waals surface area contributed by atoms with Crippen molar-refractivity contribution in [2.24, 2.45) is 0 Å². The molecule has 2 aromatic rings. The second kappa shape index (κ2) is 7.60. The normalized spacial score (nSPS) is 12.9. The predicted molar refractivity (Wildman–Crippen MR) is 104 cm³/mol. The van der Waals surface area contributed by atoms with E-state index in [0.29, 0.717) is 5.56 Å². The number of carbonyl (C=O) groups excluding carboxylic acids is 1. The van der Waals surface area contributed by atoms with Gasteiger partial charge in [-0.05, 0) is 68.1 Å². The molecule has 1 N–H and O–H groups in total. The summed E-state index contributed by atoms with van der Waals surface area (Å²) in [5.41, 5.74) is 4.88. The first-order valence-corrected chi connectivity index (χ1v) is 9.89. The lowest BCUT2D eigenvalue weighted by Gasteiger charge is -2.19. The molecule has 5 nitrogen and oxygen atoms in total. The minimum atomic E-state index is -3.58. The lowest BCUT2D eigenvalue weighted by Crippen LogP contribution is -2.28. The number of hydrogen-bond donors (Lipinski definition) is 1. The van der Waals surface area contributed by atoms with Gasteiger partial charge in [0.05, 0.1) is 10.9 Å². The Labute approximate surface area is 156 Å². The fraction of sp³-hybridized carbons (Fsp3) is 0.350. The zero-order chi connectivity index (χ0) is 19.6. The van der Waals surface area contributed by atoms with Gasteiger partial charge in [0.25, 0.3) is 5.91 Å².